The molecule has 3 rings (SSSR count). The summed E-state index contributed by atoms with van der Waals surface area (Å²) in [7, 11) is 3.20. The van der Waals surface area contributed by atoms with Crippen molar-refractivity contribution in [1.82, 2.24) is 20.5 Å². The number of benzene rings is 1. The second kappa shape index (κ2) is 10.5. The van der Waals surface area contributed by atoms with Crippen LogP contribution in [0.15, 0.2) is 46.0 Å². The molecule has 0 amide bonds. The minimum absolute atomic E-state index is 0. The Labute approximate surface area is 180 Å². The van der Waals surface area contributed by atoms with E-state index in [0.717, 1.165) is 5.69 Å². The number of aromatic amines is 1. The number of hydrogen-bond acceptors (Lipinski definition) is 6. The van der Waals surface area contributed by atoms with Gasteiger partial charge in [0.2, 0.25) is 5.82 Å². The Morgan fingerprint density at radius 3 is 2.71 bits per heavy atom. The maximum atomic E-state index is 5.33. The summed E-state index contributed by atoms with van der Waals surface area (Å²) < 4.78 is 15.9. The first-order valence-electron chi connectivity index (χ1n) is 8.46. The van der Waals surface area contributed by atoms with Crippen LogP contribution in [0.2, 0.25) is 0 Å². The summed E-state index contributed by atoms with van der Waals surface area (Å²) in [6.45, 7) is 3.04. The smallest absolute Gasteiger partial charge is 0.216 e. The third kappa shape index (κ3) is 5.38. The Bertz CT molecular complexity index is 895. The number of nitrogens with one attached hydrogen (secondary N) is 3. The number of rotatable bonds is 7. The lowest BCUT2D eigenvalue weighted by Crippen LogP contribution is -2.30. The number of anilines is 1. The molecule has 0 aliphatic rings. The van der Waals surface area contributed by atoms with Crippen molar-refractivity contribution in [3.05, 3.63) is 42.4 Å². The molecule has 10 heteroatoms. The highest BCUT2D eigenvalue weighted by molar-refractivity contribution is 14.0. The van der Waals surface area contributed by atoms with Crippen LogP contribution in [0.1, 0.15) is 12.7 Å². The molecule has 150 valence electrons. The average Bonchev–Trinajstić information content (AvgIpc) is 3.37. The van der Waals surface area contributed by atoms with Gasteiger partial charge < -0.3 is 24.5 Å². The van der Waals surface area contributed by atoms with Crippen LogP contribution in [0.3, 0.4) is 0 Å². The summed E-state index contributed by atoms with van der Waals surface area (Å²) >= 11 is 0. The van der Waals surface area contributed by atoms with Gasteiger partial charge in [-0.25, -0.2) is 9.98 Å². The molecule has 9 nitrogen and oxygen atoms in total. The quantitative estimate of drug-likeness (QED) is 0.261. The van der Waals surface area contributed by atoms with E-state index in [9.17, 15) is 0 Å². The van der Waals surface area contributed by atoms with Crippen molar-refractivity contribution in [2.75, 3.05) is 26.1 Å². The van der Waals surface area contributed by atoms with Crippen LogP contribution in [0.25, 0.3) is 11.6 Å². The zero-order chi connectivity index (χ0) is 19.1. The van der Waals surface area contributed by atoms with Crippen molar-refractivity contribution in [2.45, 2.75) is 13.5 Å². The van der Waals surface area contributed by atoms with Crippen LogP contribution < -0.4 is 20.1 Å². The van der Waals surface area contributed by atoms with E-state index in [0.29, 0.717) is 48.0 Å². The van der Waals surface area contributed by atoms with Gasteiger partial charge in [-0.05, 0) is 31.2 Å². The zero-order valence-electron chi connectivity index (χ0n) is 15.9. The fourth-order valence-electron chi connectivity index (χ4n) is 2.39. The largest absolute Gasteiger partial charge is 0.493 e. The molecule has 28 heavy (non-hydrogen) atoms. The Balaban J connectivity index is 0.00000280. The Morgan fingerprint density at radius 1 is 1.21 bits per heavy atom. The van der Waals surface area contributed by atoms with E-state index in [2.05, 4.69) is 30.8 Å². The Morgan fingerprint density at radius 2 is 2.04 bits per heavy atom. The number of halogens is 1. The first-order valence-corrected chi connectivity index (χ1v) is 8.46. The molecule has 3 aromatic rings. The van der Waals surface area contributed by atoms with E-state index < -0.39 is 0 Å². The van der Waals surface area contributed by atoms with Crippen molar-refractivity contribution in [3.8, 4) is 23.1 Å². The molecule has 0 saturated carbocycles. The van der Waals surface area contributed by atoms with Crippen molar-refractivity contribution >= 4 is 35.6 Å². The van der Waals surface area contributed by atoms with E-state index in [1.165, 1.54) is 0 Å². The fourth-order valence-corrected chi connectivity index (χ4v) is 2.39. The molecule has 0 fully saturated rings. The Hall–Kier alpha value is -2.76. The molecule has 2 aromatic heterocycles. The highest BCUT2D eigenvalue weighted by Crippen LogP contribution is 2.29. The van der Waals surface area contributed by atoms with Gasteiger partial charge in [-0.2, -0.15) is 0 Å². The predicted octanol–water partition coefficient (Wildman–Crippen LogP) is 3.28. The number of guanidine groups is 1. The molecule has 0 bridgehead atoms. The monoisotopic (exact) mass is 498 g/mol. The van der Waals surface area contributed by atoms with Crippen molar-refractivity contribution in [3.63, 3.8) is 0 Å². The molecule has 0 aliphatic heterocycles. The van der Waals surface area contributed by atoms with E-state index in [4.69, 9.17) is 13.9 Å². The van der Waals surface area contributed by atoms with Gasteiger partial charge in [0.25, 0.3) is 0 Å². The number of ether oxygens (including phenoxy) is 2. The maximum absolute atomic E-state index is 5.33. The van der Waals surface area contributed by atoms with Gasteiger partial charge in [-0.15, -0.1) is 29.1 Å². The number of H-pyrrole nitrogens is 1. The van der Waals surface area contributed by atoms with Crippen molar-refractivity contribution in [2.24, 2.45) is 4.99 Å². The van der Waals surface area contributed by atoms with Crippen LogP contribution in [-0.2, 0) is 6.54 Å². The third-order valence-corrected chi connectivity index (χ3v) is 3.65. The minimum Gasteiger partial charge on any atom is -0.493 e. The summed E-state index contributed by atoms with van der Waals surface area (Å²) in [6, 6.07) is 9.16. The molecule has 0 spiro atoms. The molecule has 3 N–H and O–H groups in total. The highest BCUT2D eigenvalue weighted by Gasteiger charge is 2.09. The van der Waals surface area contributed by atoms with Gasteiger partial charge in [-0.3, -0.25) is 5.10 Å². The van der Waals surface area contributed by atoms with Gasteiger partial charge in [0.05, 0.1) is 20.5 Å². The number of aliphatic imine (C=N–C) groups is 1. The Kier molecular flexibility index (Phi) is 8.11. The molecular formula is C18H23IN6O3. The van der Waals surface area contributed by atoms with Crippen molar-refractivity contribution < 1.29 is 13.9 Å². The first kappa shape index (κ1) is 21.5. The molecule has 0 radical (unpaired) electrons. The first-order chi connectivity index (χ1) is 13.2. The summed E-state index contributed by atoms with van der Waals surface area (Å²) in [4.78, 5) is 8.91. The molecule has 2 heterocycles. The van der Waals surface area contributed by atoms with Gasteiger partial charge in [0, 0.05) is 18.3 Å². The van der Waals surface area contributed by atoms with Gasteiger partial charge in [0.15, 0.2) is 23.2 Å². The van der Waals surface area contributed by atoms with Crippen LogP contribution in [0.4, 0.5) is 5.69 Å². The number of nitrogens with zero attached hydrogens (tertiary/aromatic N) is 3. The molecular weight excluding hydrogens is 475 g/mol. The fraction of sp³-hybridized carbons (Fsp3) is 0.278. The van der Waals surface area contributed by atoms with Gasteiger partial charge >= 0.3 is 0 Å². The number of furan rings is 1. The van der Waals surface area contributed by atoms with Crippen LogP contribution in [0, 0.1) is 0 Å². The lowest BCUT2D eigenvalue weighted by Gasteiger charge is -2.13. The normalized spacial score (nSPS) is 10.9. The van der Waals surface area contributed by atoms with Gasteiger partial charge in [-0.1, -0.05) is 0 Å². The van der Waals surface area contributed by atoms with Crippen molar-refractivity contribution in [1.29, 1.82) is 0 Å². The van der Waals surface area contributed by atoms with E-state index in [-0.39, 0.29) is 24.0 Å². The maximum Gasteiger partial charge on any atom is 0.216 e. The van der Waals surface area contributed by atoms with E-state index >= 15 is 0 Å². The molecule has 0 saturated heterocycles. The highest BCUT2D eigenvalue weighted by atomic mass is 127. The summed E-state index contributed by atoms with van der Waals surface area (Å²) in [5.74, 6) is 3.65. The number of aromatic nitrogens is 3. The van der Waals surface area contributed by atoms with E-state index in [1.54, 1.807) is 32.6 Å². The van der Waals surface area contributed by atoms with Gasteiger partial charge in [0.1, 0.15) is 12.4 Å². The second-order valence-corrected chi connectivity index (χ2v) is 5.47. The zero-order valence-corrected chi connectivity index (χ0v) is 18.2. The molecule has 0 unspecified atom stereocenters. The SMILES string of the molecule is CCNC(=NCc1nc(-c2ccco2)n[nH]1)Nc1ccc(OC)c(OC)c1.I. The lowest BCUT2D eigenvalue weighted by atomic mass is 10.3. The van der Waals surface area contributed by atoms with Crippen LogP contribution in [0.5, 0.6) is 11.5 Å². The predicted molar refractivity (Wildman–Crippen MR) is 117 cm³/mol. The molecule has 1 aromatic carbocycles. The van der Waals surface area contributed by atoms with Crippen LogP contribution in [-0.4, -0.2) is 41.9 Å². The molecule has 0 atom stereocenters. The summed E-state index contributed by atoms with van der Waals surface area (Å²) in [5.41, 5.74) is 0.821. The summed E-state index contributed by atoms with van der Waals surface area (Å²) in [5, 5.41) is 13.4. The summed E-state index contributed by atoms with van der Waals surface area (Å²) in [6.07, 6.45) is 1.58. The lowest BCUT2D eigenvalue weighted by molar-refractivity contribution is 0.355. The minimum atomic E-state index is 0. The number of hydrogen-bond donors (Lipinski definition) is 3. The molecule has 0 aliphatic carbocycles. The average molecular weight is 498 g/mol. The third-order valence-electron chi connectivity index (χ3n) is 3.65. The van der Waals surface area contributed by atoms with Crippen LogP contribution >= 0.6 is 24.0 Å². The standard InChI is InChI=1S/C18H22N6O3.HI/c1-4-19-18(21-12-7-8-13(25-2)15(10-12)26-3)20-11-16-22-17(24-23-16)14-6-5-9-27-14;/h5-10H,4,11H2,1-3H3,(H2,19,20,21)(H,22,23,24);1H. The second-order valence-electron chi connectivity index (χ2n) is 5.47. The number of methoxy groups -OCH3 is 2. The topological polar surface area (TPSA) is 110 Å². The van der Waals surface area contributed by atoms with E-state index in [1.807, 2.05) is 25.1 Å².